The highest BCUT2D eigenvalue weighted by Gasteiger charge is 2.03. The lowest BCUT2D eigenvalue weighted by Crippen LogP contribution is -2.21. The number of aromatic amines is 2. The van der Waals surface area contributed by atoms with E-state index in [9.17, 15) is 9.59 Å². The molecule has 0 fully saturated rings. The molecule has 1 heterocycles. The van der Waals surface area contributed by atoms with Crippen LogP contribution in [-0.4, -0.2) is 9.97 Å². The van der Waals surface area contributed by atoms with E-state index in [1.807, 2.05) is 36.4 Å². The summed E-state index contributed by atoms with van der Waals surface area (Å²) in [6.07, 6.45) is 0. The summed E-state index contributed by atoms with van der Waals surface area (Å²) in [5.41, 5.74) is 1.70. The van der Waals surface area contributed by atoms with E-state index in [0.717, 1.165) is 11.1 Å². The van der Waals surface area contributed by atoms with Crippen molar-refractivity contribution in [2.75, 3.05) is 0 Å². The van der Waals surface area contributed by atoms with Crippen molar-refractivity contribution in [3.63, 3.8) is 0 Å². The van der Waals surface area contributed by atoms with E-state index >= 15 is 0 Å². The van der Waals surface area contributed by atoms with Gasteiger partial charge in [0.05, 0.1) is 10.9 Å². The Bertz CT molecular complexity index is 816. The van der Waals surface area contributed by atoms with Crippen LogP contribution in [0.15, 0.2) is 58.1 Å². The van der Waals surface area contributed by atoms with Crippen LogP contribution in [0.25, 0.3) is 22.0 Å². The van der Waals surface area contributed by atoms with E-state index in [-0.39, 0.29) is 5.56 Å². The van der Waals surface area contributed by atoms with E-state index in [1.165, 1.54) is 0 Å². The molecule has 0 aliphatic heterocycles. The van der Waals surface area contributed by atoms with Crippen molar-refractivity contribution in [2.24, 2.45) is 0 Å². The molecule has 2 N–H and O–H groups in total. The predicted molar refractivity (Wildman–Crippen MR) is 70.6 cm³/mol. The van der Waals surface area contributed by atoms with Gasteiger partial charge in [0, 0.05) is 0 Å². The molecule has 0 saturated carbocycles. The molecule has 0 spiro atoms. The van der Waals surface area contributed by atoms with Crippen molar-refractivity contribution >= 4 is 10.9 Å². The highest BCUT2D eigenvalue weighted by atomic mass is 16.2. The smallest absolute Gasteiger partial charge is 0.307 e. The van der Waals surface area contributed by atoms with Gasteiger partial charge in [-0.1, -0.05) is 36.4 Å². The van der Waals surface area contributed by atoms with Crippen molar-refractivity contribution in [3.8, 4) is 11.1 Å². The predicted octanol–water partition coefficient (Wildman–Crippen LogP) is 1.88. The minimum Gasteiger partial charge on any atom is -0.307 e. The molecular weight excluding hydrogens is 228 g/mol. The van der Waals surface area contributed by atoms with Crippen molar-refractivity contribution in [1.29, 1.82) is 0 Å². The molecule has 0 atom stereocenters. The highest BCUT2D eigenvalue weighted by molar-refractivity contribution is 5.83. The first-order valence-electron chi connectivity index (χ1n) is 5.56. The molecule has 1 aromatic heterocycles. The second kappa shape index (κ2) is 4.00. The molecule has 0 amide bonds. The molecule has 0 radical (unpaired) electrons. The molecule has 18 heavy (non-hydrogen) atoms. The summed E-state index contributed by atoms with van der Waals surface area (Å²) < 4.78 is 0. The van der Waals surface area contributed by atoms with Gasteiger partial charge >= 0.3 is 5.69 Å². The molecule has 2 aromatic carbocycles. The Morgan fingerprint density at radius 1 is 0.778 bits per heavy atom. The largest absolute Gasteiger partial charge is 0.326 e. The molecule has 0 aliphatic rings. The van der Waals surface area contributed by atoms with Crippen molar-refractivity contribution < 1.29 is 0 Å². The van der Waals surface area contributed by atoms with Gasteiger partial charge in [0.25, 0.3) is 5.56 Å². The summed E-state index contributed by atoms with van der Waals surface area (Å²) >= 11 is 0. The van der Waals surface area contributed by atoms with Crippen LogP contribution in [-0.2, 0) is 0 Å². The number of aromatic nitrogens is 2. The van der Waals surface area contributed by atoms with E-state index in [2.05, 4.69) is 9.97 Å². The molecule has 4 nitrogen and oxygen atoms in total. The fourth-order valence-electron chi connectivity index (χ4n) is 1.98. The van der Waals surface area contributed by atoms with Crippen LogP contribution in [0, 0.1) is 0 Å². The summed E-state index contributed by atoms with van der Waals surface area (Å²) in [4.78, 5) is 27.6. The zero-order chi connectivity index (χ0) is 12.5. The molecule has 0 saturated heterocycles. The van der Waals surface area contributed by atoms with Gasteiger partial charge < -0.3 is 4.98 Å². The van der Waals surface area contributed by atoms with Crippen LogP contribution in [0.3, 0.4) is 0 Å². The lowest BCUT2D eigenvalue weighted by atomic mass is 10.0. The first kappa shape index (κ1) is 10.5. The summed E-state index contributed by atoms with van der Waals surface area (Å²) in [5.74, 6) is 0. The lowest BCUT2D eigenvalue weighted by molar-refractivity contribution is 1.08. The van der Waals surface area contributed by atoms with Crippen LogP contribution in [0.5, 0.6) is 0 Å². The summed E-state index contributed by atoms with van der Waals surface area (Å²) in [6, 6.07) is 15.2. The maximum absolute atomic E-state index is 11.6. The average Bonchev–Trinajstić information content (AvgIpc) is 2.39. The normalized spacial score (nSPS) is 10.7. The molecular formula is C14H10N2O2. The molecule has 3 rings (SSSR count). The zero-order valence-corrected chi connectivity index (χ0v) is 9.44. The first-order chi connectivity index (χ1) is 8.74. The van der Waals surface area contributed by atoms with Crippen molar-refractivity contribution in [2.45, 2.75) is 0 Å². The second-order valence-electron chi connectivity index (χ2n) is 4.03. The van der Waals surface area contributed by atoms with Crippen LogP contribution < -0.4 is 11.2 Å². The minimum atomic E-state index is -0.488. The number of hydrogen-bond donors (Lipinski definition) is 2. The number of rotatable bonds is 1. The van der Waals surface area contributed by atoms with Crippen molar-refractivity contribution in [1.82, 2.24) is 9.97 Å². The third kappa shape index (κ3) is 1.73. The topological polar surface area (TPSA) is 65.7 Å². The monoisotopic (exact) mass is 238 g/mol. The Balaban J connectivity index is 2.29. The first-order valence-corrected chi connectivity index (χ1v) is 5.56. The Hall–Kier alpha value is -2.62. The Labute approximate surface area is 102 Å². The van der Waals surface area contributed by atoms with Gasteiger partial charge in [-0.3, -0.25) is 9.78 Å². The third-order valence-corrected chi connectivity index (χ3v) is 2.85. The fourth-order valence-corrected chi connectivity index (χ4v) is 1.98. The maximum atomic E-state index is 11.6. The summed E-state index contributed by atoms with van der Waals surface area (Å²) in [5, 5.41) is 0.481. The number of H-pyrrole nitrogens is 2. The van der Waals surface area contributed by atoms with E-state index in [1.54, 1.807) is 12.1 Å². The van der Waals surface area contributed by atoms with Gasteiger partial charge in [0.15, 0.2) is 0 Å². The standard InChI is InChI=1S/C14H10N2O2/c17-13-11-7-6-10(9-4-2-1-3-5-9)8-12(11)15-14(18)16-13/h1-8H,(H2,15,16,17,18). The quantitative estimate of drug-likeness (QED) is 0.679. The molecule has 3 aromatic rings. The van der Waals surface area contributed by atoms with E-state index in [4.69, 9.17) is 0 Å². The number of nitrogens with one attached hydrogen (secondary N) is 2. The molecule has 88 valence electrons. The Kier molecular flexibility index (Phi) is 2.34. The SMILES string of the molecule is O=c1[nH]c(=O)c2ccc(-c3ccccc3)cc2[nH]1. The van der Waals surface area contributed by atoms with Gasteiger partial charge in [-0.2, -0.15) is 0 Å². The summed E-state index contributed by atoms with van der Waals surface area (Å²) in [7, 11) is 0. The lowest BCUT2D eigenvalue weighted by Gasteiger charge is -2.03. The maximum Gasteiger partial charge on any atom is 0.326 e. The van der Waals surface area contributed by atoms with Gasteiger partial charge in [-0.15, -0.1) is 0 Å². The van der Waals surface area contributed by atoms with E-state index < -0.39 is 5.69 Å². The molecule has 0 aliphatic carbocycles. The molecule has 0 bridgehead atoms. The van der Waals surface area contributed by atoms with Crippen LogP contribution in [0.2, 0.25) is 0 Å². The van der Waals surface area contributed by atoms with E-state index in [0.29, 0.717) is 10.9 Å². The second-order valence-corrected chi connectivity index (χ2v) is 4.03. The average molecular weight is 238 g/mol. The fraction of sp³-hybridized carbons (Fsp3) is 0. The molecule has 4 heteroatoms. The van der Waals surface area contributed by atoms with Gasteiger partial charge in [0.1, 0.15) is 0 Å². The Morgan fingerprint density at radius 2 is 1.56 bits per heavy atom. The summed E-state index contributed by atoms with van der Waals surface area (Å²) in [6.45, 7) is 0. The van der Waals surface area contributed by atoms with Gasteiger partial charge in [0.2, 0.25) is 0 Å². The van der Waals surface area contributed by atoms with Crippen LogP contribution in [0.1, 0.15) is 0 Å². The minimum absolute atomic E-state index is 0.367. The number of fused-ring (bicyclic) bond motifs is 1. The van der Waals surface area contributed by atoms with Crippen LogP contribution >= 0.6 is 0 Å². The van der Waals surface area contributed by atoms with Crippen LogP contribution in [0.4, 0.5) is 0 Å². The zero-order valence-electron chi connectivity index (χ0n) is 9.44. The number of benzene rings is 2. The highest BCUT2D eigenvalue weighted by Crippen LogP contribution is 2.21. The van der Waals surface area contributed by atoms with Crippen molar-refractivity contribution in [3.05, 3.63) is 69.4 Å². The molecule has 0 unspecified atom stereocenters. The Morgan fingerprint density at radius 3 is 2.33 bits per heavy atom. The number of hydrogen-bond acceptors (Lipinski definition) is 2. The van der Waals surface area contributed by atoms with Gasteiger partial charge in [-0.25, -0.2) is 4.79 Å². The van der Waals surface area contributed by atoms with Gasteiger partial charge in [-0.05, 0) is 23.3 Å². The third-order valence-electron chi connectivity index (χ3n) is 2.85.